The first-order valence-electron chi connectivity index (χ1n) is 6.59. The molecule has 2 nitrogen and oxygen atoms in total. The van der Waals surface area contributed by atoms with Crippen molar-refractivity contribution in [3.63, 3.8) is 0 Å². The lowest BCUT2D eigenvalue weighted by atomic mass is 9.78. The van der Waals surface area contributed by atoms with Crippen molar-refractivity contribution in [2.24, 2.45) is 5.92 Å². The number of nitrogens with two attached hydrogens (primary N) is 1. The van der Waals surface area contributed by atoms with Crippen LogP contribution in [0.25, 0.3) is 0 Å². The largest absolute Gasteiger partial charge is 0.397 e. The van der Waals surface area contributed by atoms with E-state index in [2.05, 4.69) is 11.9 Å². The lowest BCUT2D eigenvalue weighted by Crippen LogP contribution is -2.16. The van der Waals surface area contributed by atoms with Gasteiger partial charge in [0.15, 0.2) is 0 Å². The molecule has 0 bridgehead atoms. The zero-order valence-electron chi connectivity index (χ0n) is 10.5. The Bertz CT molecular complexity index is 358. The molecule has 2 N–H and O–H groups in total. The van der Waals surface area contributed by atoms with Gasteiger partial charge in [-0.15, -0.1) is 0 Å². The molecular formula is C14H21FN2. The molecule has 3 heteroatoms. The second-order valence-electron chi connectivity index (χ2n) is 5.20. The van der Waals surface area contributed by atoms with Crippen molar-refractivity contribution in [1.82, 2.24) is 4.98 Å². The normalized spacial score (nSPS) is 26.2. The maximum absolute atomic E-state index is 13.9. The van der Waals surface area contributed by atoms with E-state index in [4.69, 9.17) is 5.73 Å². The number of nitrogen functional groups attached to an aromatic ring is 1. The highest BCUT2D eigenvalue weighted by atomic mass is 19.1. The van der Waals surface area contributed by atoms with Crippen LogP contribution < -0.4 is 5.73 Å². The third kappa shape index (κ3) is 2.76. The van der Waals surface area contributed by atoms with Gasteiger partial charge in [0.05, 0.1) is 18.1 Å². The maximum atomic E-state index is 13.9. The molecule has 2 atom stereocenters. The fourth-order valence-corrected chi connectivity index (χ4v) is 2.95. The number of anilines is 1. The maximum Gasteiger partial charge on any atom is 0.147 e. The predicted molar refractivity (Wildman–Crippen MR) is 68.2 cm³/mol. The Morgan fingerprint density at radius 1 is 1.18 bits per heavy atom. The first-order chi connectivity index (χ1) is 8.20. The number of rotatable bonds is 1. The second-order valence-corrected chi connectivity index (χ2v) is 5.20. The summed E-state index contributed by atoms with van der Waals surface area (Å²) in [4.78, 5) is 3.81. The van der Waals surface area contributed by atoms with Crippen LogP contribution in [0.3, 0.4) is 0 Å². The second kappa shape index (κ2) is 5.48. The van der Waals surface area contributed by atoms with Crippen molar-refractivity contribution in [3.8, 4) is 0 Å². The van der Waals surface area contributed by atoms with E-state index in [0.29, 0.717) is 17.2 Å². The van der Waals surface area contributed by atoms with Gasteiger partial charge in [-0.05, 0) is 18.3 Å². The molecule has 0 aromatic carbocycles. The van der Waals surface area contributed by atoms with E-state index in [1.165, 1.54) is 38.3 Å². The molecule has 0 amide bonds. The summed E-state index contributed by atoms with van der Waals surface area (Å²) in [5.74, 6) is 0.537. The highest BCUT2D eigenvalue weighted by molar-refractivity contribution is 5.47. The number of aromatic nitrogens is 1. The van der Waals surface area contributed by atoms with Crippen LogP contribution in [0, 0.1) is 11.7 Å². The van der Waals surface area contributed by atoms with E-state index >= 15 is 0 Å². The van der Waals surface area contributed by atoms with Gasteiger partial charge in [0.25, 0.3) is 0 Å². The van der Waals surface area contributed by atoms with Crippen molar-refractivity contribution in [2.45, 2.75) is 51.4 Å². The van der Waals surface area contributed by atoms with Gasteiger partial charge >= 0.3 is 0 Å². The smallest absolute Gasteiger partial charge is 0.147 e. The summed E-state index contributed by atoms with van der Waals surface area (Å²) >= 11 is 0. The molecule has 2 unspecified atom stereocenters. The minimum Gasteiger partial charge on any atom is -0.397 e. The molecule has 1 aliphatic carbocycles. The minimum absolute atomic E-state index is 0.234. The fraction of sp³-hybridized carbons (Fsp3) is 0.643. The van der Waals surface area contributed by atoms with Crippen molar-refractivity contribution in [2.75, 3.05) is 5.73 Å². The van der Waals surface area contributed by atoms with E-state index in [1.54, 1.807) is 6.20 Å². The number of pyridine rings is 1. The quantitative estimate of drug-likeness (QED) is 0.803. The molecule has 1 aromatic heterocycles. The summed E-state index contributed by atoms with van der Waals surface area (Å²) in [6, 6.07) is 0. The zero-order chi connectivity index (χ0) is 12.3. The van der Waals surface area contributed by atoms with Gasteiger partial charge in [0.1, 0.15) is 5.82 Å². The van der Waals surface area contributed by atoms with E-state index in [9.17, 15) is 4.39 Å². The van der Waals surface area contributed by atoms with E-state index in [0.717, 1.165) is 6.42 Å². The number of hydrogen-bond donors (Lipinski definition) is 1. The Morgan fingerprint density at radius 2 is 1.88 bits per heavy atom. The molecule has 17 heavy (non-hydrogen) atoms. The first kappa shape index (κ1) is 12.3. The third-order valence-corrected chi connectivity index (χ3v) is 3.95. The molecule has 0 radical (unpaired) electrons. The topological polar surface area (TPSA) is 38.9 Å². The van der Waals surface area contributed by atoms with Crippen LogP contribution in [0.2, 0.25) is 0 Å². The van der Waals surface area contributed by atoms with Crippen LogP contribution in [-0.4, -0.2) is 4.98 Å². The lowest BCUT2D eigenvalue weighted by molar-refractivity contribution is 0.346. The summed E-state index contributed by atoms with van der Waals surface area (Å²) in [6.07, 6.45) is 10.1. The summed E-state index contributed by atoms with van der Waals surface area (Å²) in [5.41, 5.74) is 7.12. The van der Waals surface area contributed by atoms with E-state index in [-0.39, 0.29) is 11.7 Å². The Kier molecular flexibility index (Phi) is 3.97. The SMILES string of the molecule is CC1CCCCCCC1c1c(N)cncc1F. The molecule has 1 fully saturated rings. The Morgan fingerprint density at radius 3 is 2.59 bits per heavy atom. The Labute approximate surface area is 102 Å². The number of nitrogens with zero attached hydrogens (tertiary/aromatic N) is 1. The third-order valence-electron chi connectivity index (χ3n) is 3.95. The van der Waals surface area contributed by atoms with Gasteiger partial charge in [-0.3, -0.25) is 4.98 Å². The molecule has 1 saturated carbocycles. The fourth-order valence-electron chi connectivity index (χ4n) is 2.95. The molecule has 0 saturated heterocycles. The van der Waals surface area contributed by atoms with Gasteiger partial charge in [-0.25, -0.2) is 4.39 Å². The van der Waals surface area contributed by atoms with E-state index < -0.39 is 0 Å². The average molecular weight is 236 g/mol. The molecule has 0 spiro atoms. The monoisotopic (exact) mass is 236 g/mol. The lowest BCUT2D eigenvalue weighted by Gasteiger charge is -2.27. The van der Waals surface area contributed by atoms with Crippen molar-refractivity contribution in [1.29, 1.82) is 0 Å². The van der Waals surface area contributed by atoms with Gasteiger partial charge < -0.3 is 5.73 Å². The van der Waals surface area contributed by atoms with Crippen molar-refractivity contribution in [3.05, 3.63) is 23.8 Å². The van der Waals surface area contributed by atoms with Gasteiger partial charge in [0, 0.05) is 5.56 Å². The highest BCUT2D eigenvalue weighted by Crippen LogP contribution is 2.38. The molecule has 1 heterocycles. The summed E-state index contributed by atoms with van der Waals surface area (Å²) < 4.78 is 13.9. The summed E-state index contributed by atoms with van der Waals surface area (Å²) in [7, 11) is 0. The number of hydrogen-bond acceptors (Lipinski definition) is 2. The molecule has 94 valence electrons. The van der Waals surface area contributed by atoms with Gasteiger partial charge in [-0.1, -0.05) is 39.0 Å². The highest BCUT2D eigenvalue weighted by Gasteiger charge is 2.25. The molecule has 1 aliphatic rings. The number of halogens is 1. The standard InChI is InChI=1S/C14H21FN2/c1-10-6-4-2-3-5-7-11(10)14-12(15)8-17-9-13(14)16/h8-11H,2-7,16H2,1H3. The van der Waals surface area contributed by atoms with Crippen molar-refractivity contribution >= 4 is 5.69 Å². The summed E-state index contributed by atoms with van der Waals surface area (Å²) in [5, 5.41) is 0. The van der Waals surface area contributed by atoms with E-state index in [1.807, 2.05) is 0 Å². The van der Waals surface area contributed by atoms with Crippen LogP contribution in [0.1, 0.15) is 56.9 Å². The van der Waals surface area contributed by atoms with Crippen LogP contribution in [0.4, 0.5) is 10.1 Å². The van der Waals surface area contributed by atoms with Crippen LogP contribution >= 0.6 is 0 Å². The predicted octanol–water partition coefficient (Wildman–Crippen LogP) is 3.88. The molecule has 1 aromatic rings. The molecular weight excluding hydrogens is 215 g/mol. The molecule has 0 aliphatic heterocycles. The van der Waals surface area contributed by atoms with Crippen molar-refractivity contribution < 1.29 is 4.39 Å². The van der Waals surface area contributed by atoms with Crippen LogP contribution in [-0.2, 0) is 0 Å². The first-order valence-corrected chi connectivity index (χ1v) is 6.59. The zero-order valence-corrected chi connectivity index (χ0v) is 10.5. The average Bonchev–Trinajstić information content (AvgIpc) is 2.27. The van der Waals surface area contributed by atoms with Gasteiger partial charge in [0.2, 0.25) is 0 Å². The minimum atomic E-state index is -0.234. The van der Waals surface area contributed by atoms with Crippen LogP contribution in [0.15, 0.2) is 12.4 Å². The summed E-state index contributed by atoms with van der Waals surface area (Å²) in [6.45, 7) is 2.22. The van der Waals surface area contributed by atoms with Crippen LogP contribution in [0.5, 0.6) is 0 Å². The van der Waals surface area contributed by atoms with Gasteiger partial charge in [-0.2, -0.15) is 0 Å². The molecule has 2 rings (SSSR count). The Hall–Kier alpha value is -1.12. The Balaban J connectivity index is 2.28.